The molecule has 0 aliphatic heterocycles. The molecule has 0 fully saturated rings. The van der Waals surface area contributed by atoms with Gasteiger partial charge in [0.25, 0.3) is 0 Å². The smallest absolute Gasteiger partial charge is 0.163 e. The van der Waals surface area contributed by atoms with Crippen LogP contribution in [0.4, 0.5) is 5.69 Å². The van der Waals surface area contributed by atoms with Crippen molar-refractivity contribution in [3.05, 3.63) is 39.0 Å². The molecule has 0 bridgehead atoms. The number of nitriles is 3. The van der Waals surface area contributed by atoms with Crippen LogP contribution in [0.5, 0.6) is 0 Å². The summed E-state index contributed by atoms with van der Waals surface area (Å²) in [4.78, 5) is 0. The van der Waals surface area contributed by atoms with Crippen LogP contribution in [-0.2, 0) is 0 Å². The van der Waals surface area contributed by atoms with Crippen LogP contribution in [0.3, 0.4) is 0 Å². The third-order valence-corrected chi connectivity index (χ3v) is 2.70. The molecule has 0 saturated heterocycles. The zero-order valence-electron chi connectivity index (χ0n) is 8.33. The van der Waals surface area contributed by atoms with Gasteiger partial charge in [0.05, 0.1) is 5.69 Å². The molecule has 4 nitrogen and oxygen atoms in total. The van der Waals surface area contributed by atoms with Crippen molar-refractivity contribution < 1.29 is 0 Å². The Kier molecular flexibility index (Phi) is 4.55. The highest BCUT2D eigenvalue weighted by Gasteiger charge is 2.08. The van der Waals surface area contributed by atoms with E-state index in [4.69, 9.17) is 27.4 Å². The number of nitrogens with zero attached hydrogens (tertiary/aromatic N) is 3. The minimum absolute atomic E-state index is 0.113. The summed E-state index contributed by atoms with van der Waals surface area (Å²) < 4.78 is 0.671. The normalized spacial score (nSPS) is 8.41. The fraction of sp³-hybridized carbons (Fsp3) is 0. The number of hydrogen-bond donors (Lipinski definition) is 1. The standard InChI is InChI=1S/C11H4BrClN4/c12-9-2-1-8(13)3-10(9)17-11(6-16)7(4-14)5-15/h1-3,17H. The molecule has 1 N–H and O–H groups in total. The average molecular weight is 308 g/mol. The Labute approximate surface area is 111 Å². The highest BCUT2D eigenvalue weighted by Crippen LogP contribution is 2.27. The van der Waals surface area contributed by atoms with Gasteiger partial charge in [-0.1, -0.05) is 11.6 Å². The lowest BCUT2D eigenvalue weighted by Gasteiger charge is -2.07. The Balaban J connectivity index is 3.20. The van der Waals surface area contributed by atoms with Crippen molar-refractivity contribution in [2.24, 2.45) is 0 Å². The van der Waals surface area contributed by atoms with E-state index in [0.717, 1.165) is 0 Å². The summed E-state index contributed by atoms with van der Waals surface area (Å²) in [6.07, 6.45) is 0. The number of allylic oxidation sites excluding steroid dienone is 2. The zero-order valence-corrected chi connectivity index (χ0v) is 10.7. The van der Waals surface area contributed by atoms with Crippen molar-refractivity contribution in [2.45, 2.75) is 0 Å². The second-order valence-corrected chi connectivity index (χ2v) is 4.13. The van der Waals surface area contributed by atoms with Crippen molar-refractivity contribution in [2.75, 3.05) is 5.32 Å². The second kappa shape index (κ2) is 5.92. The first kappa shape index (κ1) is 13.1. The Morgan fingerprint density at radius 2 is 1.82 bits per heavy atom. The van der Waals surface area contributed by atoms with Gasteiger partial charge in [0, 0.05) is 9.50 Å². The van der Waals surface area contributed by atoms with Crippen LogP contribution in [0.1, 0.15) is 0 Å². The van der Waals surface area contributed by atoms with E-state index in [9.17, 15) is 0 Å². The van der Waals surface area contributed by atoms with Gasteiger partial charge in [-0.05, 0) is 34.1 Å². The molecule has 0 saturated carbocycles. The lowest BCUT2D eigenvalue weighted by molar-refractivity contribution is 1.37. The van der Waals surface area contributed by atoms with Gasteiger partial charge in [-0.15, -0.1) is 0 Å². The first-order valence-corrected chi connectivity index (χ1v) is 5.46. The largest absolute Gasteiger partial charge is 0.344 e. The van der Waals surface area contributed by atoms with Crippen LogP contribution in [0.15, 0.2) is 33.9 Å². The van der Waals surface area contributed by atoms with E-state index in [-0.39, 0.29) is 11.3 Å². The quantitative estimate of drug-likeness (QED) is 0.849. The molecule has 0 amide bonds. The summed E-state index contributed by atoms with van der Waals surface area (Å²) in [6, 6.07) is 9.98. The van der Waals surface area contributed by atoms with Crippen molar-refractivity contribution in [3.8, 4) is 18.2 Å². The topological polar surface area (TPSA) is 83.4 Å². The molecule has 0 heterocycles. The van der Waals surface area contributed by atoms with E-state index >= 15 is 0 Å². The Morgan fingerprint density at radius 3 is 2.35 bits per heavy atom. The minimum Gasteiger partial charge on any atom is -0.344 e. The predicted molar refractivity (Wildman–Crippen MR) is 66.6 cm³/mol. The molecular weight excluding hydrogens is 304 g/mol. The second-order valence-electron chi connectivity index (χ2n) is 2.83. The number of nitrogens with one attached hydrogen (secondary N) is 1. The van der Waals surface area contributed by atoms with E-state index in [0.29, 0.717) is 15.2 Å². The number of rotatable bonds is 2. The number of benzene rings is 1. The summed E-state index contributed by atoms with van der Waals surface area (Å²) in [6.45, 7) is 0. The monoisotopic (exact) mass is 306 g/mol. The highest BCUT2D eigenvalue weighted by molar-refractivity contribution is 9.10. The molecule has 17 heavy (non-hydrogen) atoms. The Bertz CT molecular complexity index is 585. The van der Waals surface area contributed by atoms with Crippen LogP contribution in [0.25, 0.3) is 0 Å². The third kappa shape index (κ3) is 3.23. The molecule has 0 aliphatic rings. The molecule has 1 aromatic carbocycles. The summed E-state index contributed by atoms with van der Waals surface area (Å²) in [5.74, 6) is 0. The number of halogens is 2. The van der Waals surface area contributed by atoms with Gasteiger partial charge in [0.2, 0.25) is 0 Å². The van der Waals surface area contributed by atoms with E-state index in [1.54, 1.807) is 36.4 Å². The summed E-state index contributed by atoms with van der Waals surface area (Å²) >= 11 is 9.06. The molecule has 6 heteroatoms. The lowest BCUT2D eigenvalue weighted by atomic mass is 10.2. The van der Waals surface area contributed by atoms with Crippen molar-refractivity contribution in [1.82, 2.24) is 0 Å². The molecule has 1 aromatic rings. The fourth-order valence-electron chi connectivity index (χ4n) is 1.01. The number of hydrogen-bond acceptors (Lipinski definition) is 4. The maximum absolute atomic E-state index is 8.86. The average Bonchev–Trinajstić information content (AvgIpc) is 2.33. The highest BCUT2D eigenvalue weighted by atomic mass is 79.9. The first-order chi connectivity index (χ1) is 8.12. The van der Waals surface area contributed by atoms with Gasteiger partial charge < -0.3 is 5.32 Å². The summed E-state index contributed by atoms with van der Waals surface area (Å²) in [5.41, 5.74) is 0.120. The van der Waals surface area contributed by atoms with Gasteiger partial charge in [0.15, 0.2) is 5.57 Å². The molecule has 0 spiro atoms. The van der Waals surface area contributed by atoms with E-state index < -0.39 is 0 Å². The van der Waals surface area contributed by atoms with Gasteiger partial charge in [-0.2, -0.15) is 15.8 Å². The first-order valence-electron chi connectivity index (χ1n) is 4.29. The fourth-order valence-corrected chi connectivity index (χ4v) is 1.53. The maximum Gasteiger partial charge on any atom is 0.163 e. The minimum atomic E-state index is -0.278. The van der Waals surface area contributed by atoms with Crippen LogP contribution in [0.2, 0.25) is 5.02 Å². The van der Waals surface area contributed by atoms with Crippen LogP contribution in [0, 0.1) is 34.0 Å². The lowest BCUT2D eigenvalue weighted by Crippen LogP contribution is -2.01. The zero-order chi connectivity index (χ0) is 12.8. The van der Waals surface area contributed by atoms with E-state index in [1.807, 2.05) is 0 Å². The Morgan fingerprint density at radius 1 is 1.18 bits per heavy atom. The van der Waals surface area contributed by atoms with Crippen LogP contribution >= 0.6 is 27.5 Å². The van der Waals surface area contributed by atoms with E-state index in [2.05, 4.69) is 21.2 Å². The number of anilines is 1. The molecule has 1 rings (SSSR count). The van der Waals surface area contributed by atoms with Gasteiger partial charge in [-0.25, -0.2) is 0 Å². The predicted octanol–water partition coefficient (Wildman–Crippen LogP) is 3.34. The van der Waals surface area contributed by atoms with Crippen LogP contribution < -0.4 is 5.32 Å². The van der Waals surface area contributed by atoms with Crippen LogP contribution in [-0.4, -0.2) is 0 Å². The third-order valence-electron chi connectivity index (χ3n) is 1.77. The molecule has 0 aromatic heterocycles. The summed E-state index contributed by atoms with van der Waals surface area (Å²) in [7, 11) is 0. The van der Waals surface area contributed by atoms with E-state index in [1.165, 1.54) is 0 Å². The molecule has 0 unspecified atom stereocenters. The van der Waals surface area contributed by atoms with Crippen molar-refractivity contribution >= 4 is 33.2 Å². The molecule has 82 valence electrons. The van der Waals surface area contributed by atoms with Gasteiger partial charge in [0.1, 0.15) is 23.9 Å². The van der Waals surface area contributed by atoms with Gasteiger partial charge in [-0.3, -0.25) is 0 Å². The molecular formula is C11H4BrClN4. The molecule has 0 radical (unpaired) electrons. The summed E-state index contributed by atoms with van der Waals surface area (Å²) in [5, 5.41) is 29.4. The maximum atomic E-state index is 8.86. The SMILES string of the molecule is N#CC(C#N)=C(C#N)Nc1cc(Cl)ccc1Br. The molecule has 0 atom stereocenters. The van der Waals surface area contributed by atoms with Crippen molar-refractivity contribution in [3.63, 3.8) is 0 Å². The van der Waals surface area contributed by atoms with Gasteiger partial charge >= 0.3 is 0 Å². The Hall–Kier alpha value is -2.00. The van der Waals surface area contributed by atoms with Crippen molar-refractivity contribution in [1.29, 1.82) is 15.8 Å². The molecule has 0 aliphatic carbocycles.